The highest BCUT2D eigenvalue weighted by atomic mass is 16.3. The van der Waals surface area contributed by atoms with E-state index in [2.05, 4.69) is 12.2 Å². The van der Waals surface area contributed by atoms with Crippen LogP contribution in [0.3, 0.4) is 0 Å². The fourth-order valence-electron chi connectivity index (χ4n) is 2.19. The van der Waals surface area contributed by atoms with Crippen molar-refractivity contribution in [2.45, 2.75) is 19.4 Å². The predicted molar refractivity (Wildman–Crippen MR) is 84.3 cm³/mol. The lowest BCUT2D eigenvalue weighted by Crippen LogP contribution is -2.30. The molecule has 1 unspecified atom stereocenters. The smallest absolute Gasteiger partial charge is 0.251 e. The van der Waals surface area contributed by atoms with Crippen molar-refractivity contribution < 1.29 is 9.90 Å². The number of hydrogen-bond acceptors (Lipinski definition) is 3. The zero-order valence-electron chi connectivity index (χ0n) is 12.4. The number of aliphatic hydroxyl groups is 1. The van der Waals surface area contributed by atoms with Crippen LogP contribution in [0, 0.1) is 11.3 Å². The number of hydrogen-bond donors (Lipinski definition) is 2. The highest BCUT2D eigenvalue weighted by Crippen LogP contribution is 2.15. The van der Waals surface area contributed by atoms with E-state index in [-0.39, 0.29) is 12.5 Å². The summed E-state index contributed by atoms with van der Waals surface area (Å²) in [7, 11) is 0. The molecule has 1 atom stereocenters. The molecule has 2 rings (SSSR count). The normalized spacial score (nSPS) is 11.5. The van der Waals surface area contributed by atoms with E-state index in [0.717, 1.165) is 12.0 Å². The largest absolute Gasteiger partial charge is 0.394 e. The number of nitrogens with one attached hydrogen (secondary N) is 1. The van der Waals surface area contributed by atoms with E-state index in [0.29, 0.717) is 11.1 Å². The number of nitriles is 1. The Balaban J connectivity index is 2.14. The lowest BCUT2D eigenvalue weighted by Gasteiger charge is -2.17. The van der Waals surface area contributed by atoms with E-state index in [1.807, 2.05) is 30.3 Å². The lowest BCUT2D eigenvalue weighted by molar-refractivity contribution is 0.0916. The molecule has 0 aliphatic rings. The van der Waals surface area contributed by atoms with Crippen LogP contribution in [0.25, 0.3) is 0 Å². The van der Waals surface area contributed by atoms with Gasteiger partial charge in [-0.05, 0) is 35.7 Å². The molecule has 4 heteroatoms. The average Bonchev–Trinajstić information content (AvgIpc) is 2.59. The second-order valence-electron chi connectivity index (χ2n) is 5.00. The van der Waals surface area contributed by atoms with Crippen molar-refractivity contribution in [3.8, 4) is 6.07 Å². The highest BCUT2D eigenvalue weighted by molar-refractivity contribution is 5.94. The van der Waals surface area contributed by atoms with E-state index in [9.17, 15) is 9.90 Å². The minimum atomic E-state index is -0.468. The molecule has 0 heterocycles. The predicted octanol–water partition coefficient (Wildman–Crippen LogP) is 2.58. The van der Waals surface area contributed by atoms with Gasteiger partial charge in [-0.2, -0.15) is 5.26 Å². The van der Waals surface area contributed by atoms with Gasteiger partial charge in [-0.15, -0.1) is 0 Å². The van der Waals surface area contributed by atoms with Crippen LogP contribution in [0.1, 0.15) is 40.0 Å². The van der Waals surface area contributed by atoms with Crippen LogP contribution in [-0.2, 0) is 6.42 Å². The minimum Gasteiger partial charge on any atom is -0.394 e. The molecule has 2 aromatic rings. The molecule has 2 aromatic carbocycles. The summed E-state index contributed by atoms with van der Waals surface area (Å²) in [6.07, 6.45) is 0.942. The Hall–Kier alpha value is -2.64. The molecule has 0 bridgehead atoms. The van der Waals surface area contributed by atoms with Gasteiger partial charge in [0.25, 0.3) is 5.91 Å². The molecule has 0 spiro atoms. The van der Waals surface area contributed by atoms with Gasteiger partial charge < -0.3 is 10.4 Å². The molecular weight excluding hydrogens is 276 g/mol. The Bertz CT molecular complexity index is 687. The van der Waals surface area contributed by atoms with Crippen molar-refractivity contribution in [2.24, 2.45) is 0 Å². The number of aliphatic hydroxyl groups excluding tert-OH is 1. The average molecular weight is 294 g/mol. The molecule has 0 aliphatic carbocycles. The Kier molecular flexibility index (Phi) is 5.29. The first-order valence-electron chi connectivity index (χ1n) is 7.18. The van der Waals surface area contributed by atoms with Crippen molar-refractivity contribution in [2.75, 3.05) is 6.61 Å². The number of carbonyl (C=O) groups excluding carboxylic acids is 1. The summed E-state index contributed by atoms with van der Waals surface area (Å²) >= 11 is 0. The third-order valence-corrected chi connectivity index (χ3v) is 3.53. The Morgan fingerprint density at radius 1 is 1.27 bits per heavy atom. The second-order valence-corrected chi connectivity index (χ2v) is 5.00. The minimum absolute atomic E-state index is 0.185. The first-order chi connectivity index (χ1) is 10.7. The Morgan fingerprint density at radius 2 is 2.00 bits per heavy atom. The number of benzene rings is 2. The third-order valence-electron chi connectivity index (χ3n) is 3.53. The monoisotopic (exact) mass is 294 g/mol. The van der Waals surface area contributed by atoms with Crippen LogP contribution in [0.15, 0.2) is 48.5 Å². The maximum Gasteiger partial charge on any atom is 0.251 e. The van der Waals surface area contributed by atoms with Crippen molar-refractivity contribution >= 4 is 5.91 Å². The van der Waals surface area contributed by atoms with Crippen LogP contribution in [0.2, 0.25) is 0 Å². The SMILES string of the molecule is CCc1ccc(C(CO)NC(=O)c2cccc(C#N)c2)cc1. The van der Waals surface area contributed by atoms with Gasteiger partial charge in [0.05, 0.1) is 24.3 Å². The maximum atomic E-state index is 12.2. The summed E-state index contributed by atoms with van der Waals surface area (Å²) in [6.45, 7) is 1.89. The number of aryl methyl sites for hydroxylation is 1. The molecule has 0 fully saturated rings. The van der Waals surface area contributed by atoms with Gasteiger partial charge in [0.15, 0.2) is 0 Å². The molecule has 0 radical (unpaired) electrons. The standard InChI is InChI=1S/C18H18N2O2/c1-2-13-6-8-15(9-7-13)17(12-21)20-18(22)16-5-3-4-14(10-16)11-19/h3-10,17,21H,2,12H2,1H3,(H,20,22). The van der Waals surface area contributed by atoms with Crippen molar-refractivity contribution in [1.29, 1.82) is 5.26 Å². The van der Waals surface area contributed by atoms with E-state index in [1.165, 1.54) is 11.6 Å². The van der Waals surface area contributed by atoms with Gasteiger partial charge >= 0.3 is 0 Å². The number of amides is 1. The third kappa shape index (κ3) is 3.72. The van der Waals surface area contributed by atoms with Crippen LogP contribution >= 0.6 is 0 Å². The molecule has 22 heavy (non-hydrogen) atoms. The first-order valence-corrected chi connectivity index (χ1v) is 7.18. The quantitative estimate of drug-likeness (QED) is 0.890. The van der Waals surface area contributed by atoms with Crippen molar-refractivity contribution in [3.63, 3.8) is 0 Å². The van der Waals surface area contributed by atoms with Crippen molar-refractivity contribution in [1.82, 2.24) is 5.32 Å². The lowest BCUT2D eigenvalue weighted by atomic mass is 10.0. The Labute approximate surface area is 130 Å². The summed E-state index contributed by atoms with van der Waals surface area (Å²) in [6, 6.07) is 15.8. The van der Waals surface area contributed by atoms with E-state index < -0.39 is 6.04 Å². The molecular formula is C18H18N2O2. The van der Waals surface area contributed by atoms with Gasteiger partial charge in [-0.3, -0.25) is 4.79 Å². The van der Waals surface area contributed by atoms with Crippen LogP contribution in [0.4, 0.5) is 0 Å². The van der Waals surface area contributed by atoms with Gasteiger partial charge in [0.2, 0.25) is 0 Å². The molecule has 0 saturated carbocycles. The Morgan fingerprint density at radius 3 is 2.59 bits per heavy atom. The molecule has 0 aliphatic heterocycles. The van der Waals surface area contributed by atoms with Crippen LogP contribution in [-0.4, -0.2) is 17.6 Å². The van der Waals surface area contributed by atoms with Gasteiger partial charge in [-0.1, -0.05) is 37.3 Å². The zero-order chi connectivity index (χ0) is 15.9. The van der Waals surface area contributed by atoms with Crippen molar-refractivity contribution in [3.05, 3.63) is 70.8 Å². The van der Waals surface area contributed by atoms with E-state index in [4.69, 9.17) is 5.26 Å². The highest BCUT2D eigenvalue weighted by Gasteiger charge is 2.15. The molecule has 0 aromatic heterocycles. The maximum absolute atomic E-state index is 12.2. The van der Waals surface area contributed by atoms with E-state index >= 15 is 0 Å². The topological polar surface area (TPSA) is 73.1 Å². The van der Waals surface area contributed by atoms with Gasteiger partial charge in [0.1, 0.15) is 0 Å². The molecule has 0 saturated heterocycles. The number of nitrogens with zero attached hydrogens (tertiary/aromatic N) is 1. The van der Waals surface area contributed by atoms with E-state index in [1.54, 1.807) is 18.2 Å². The molecule has 2 N–H and O–H groups in total. The first kappa shape index (κ1) is 15.7. The van der Waals surface area contributed by atoms with Gasteiger partial charge in [0, 0.05) is 5.56 Å². The summed E-state index contributed by atoms with van der Waals surface area (Å²) in [4.78, 5) is 12.2. The zero-order valence-corrected chi connectivity index (χ0v) is 12.4. The summed E-state index contributed by atoms with van der Waals surface area (Å²) in [5, 5.41) is 21.2. The summed E-state index contributed by atoms with van der Waals surface area (Å²) < 4.78 is 0. The number of carbonyl (C=O) groups is 1. The second kappa shape index (κ2) is 7.39. The summed E-state index contributed by atoms with van der Waals surface area (Å²) in [5.41, 5.74) is 2.89. The van der Waals surface area contributed by atoms with Gasteiger partial charge in [-0.25, -0.2) is 0 Å². The fraction of sp³-hybridized carbons (Fsp3) is 0.222. The number of rotatable bonds is 5. The molecule has 4 nitrogen and oxygen atoms in total. The molecule has 112 valence electrons. The van der Waals surface area contributed by atoms with Crippen LogP contribution in [0.5, 0.6) is 0 Å². The molecule has 1 amide bonds. The fourth-order valence-corrected chi connectivity index (χ4v) is 2.19. The van der Waals surface area contributed by atoms with Crippen LogP contribution < -0.4 is 5.32 Å². The summed E-state index contributed by atoms with van der Waals surface area (Å²) in [5.74, 6) is -0.310.